The van der Waals surface area contributed by atoms with E-state index in [-0.39, 0.29) is 5.75 Å². The molecule has 0 unspecified atom stereocenters. The summed E-state index contributed by atoms with van der Waals surface area (Å²) < 4.78 is 40.3. The summed E-state index contributed by atoms with van der Waals surface area (Å²) in [7, 11) is 0. The summed E-state index contributed by atoms with van der Waals surface area (Å²) in [5.41, 5.74) is 0. The lowest BCUT2D eigenvalue weighted by Crippen LogP contribution is -2.20. The summed E-state index contributed by atoms with van der Waals surface area (Å²) >= 11 is 1.48. The third-order valence-corrected chi connectivity index (χ3v) is 3.96. The smallest absolute Gasteiger partial charge is 0.338 e. The van der Waals surface area contributed by atoms with E-state index < -0.39 is 40.0 Å². The number of hydrogen-bond donors (Lipinski definition) is 0. The molecule has 15 heavy (non-hydrogen) atoms. The molecule has 0 N–H and O–H groups in total. The minimum atomic E-state index is -2.26. The van der Waals surface area contributed by atoms with Gasteiger partial charge in [0.05, 0.1) is 4.47 Å². The predicted molar refractivity (Wildman–Crippen MR) is 63.6 cm³/mol. The summed E-state index contributed by atoms with van der Waals surface area (Å²) in [6, 6.07) is 6.40. The number of hydrogen-bond acceptors (Lipinski definition) is 4. The lowest BCUT2D eigenvalue weighted by molar-refractivity contribution is 0.326. The fourth-order valence-corrected chi connectivity index (χ4v) is 1.76. The van der Waals surface area contributed by atoms with Gasteiger partial charge in [-0.25, -0.2) is 0 Å². The van der Waals surface area contributed by atoms with Gasteiger partial charge in [-0.05, 0) is 28.1 Å². The Labute approximate surface area is 107 Å². The van der Waals surface area contributed by atoms with Crippen LogP contribution in [-0.4, -0.2) is 3.60 Å². The van der Waals surface area contributed by atoms with E-state index in [1.165, 1.54) is 6.07 Å². The molecule has 0 fully saturated rings. The van der Waals surface area contributed by atoms with Crippen molar-refractivity contribution in [2.24, 2.45) is 0 Å². The van der Waals surface area contributed by atoms with Gasteiger partial charge in [0.1, 0.15) is 42.2 Å². The summed E-state index contributed by atoms with van der Waals surface area (Å²) in [6.07, 6.45) is 0. The lowest BCUT2D eigenvalue weighted by Gasteiger charge is -2.21. The molecular weight excluding hydrogens is 333 g/mol. The Hall–Kier alpha value is 0.340. The molecule has 0 heterocycles. The maximum atomic E-state index is 12.4. The van der Waals surface area contributed by atoms with Crippen molar-refractivity contribution in [3.05, 3.63) is 28.7 Å². The molecule has 1 nitrogen and oxygen atoms in total. The van der Waals surface area contributed by atoms with Crippen LogP contribution >= 0.6 is 52.4 Å². The van der Waals surface area contributed by atoms with Crippen molar-refractivity contribution in [3.63, 3.8) is 0 Å². The van der Waals surface area contributed by atoms with Gasteiger partial charge < -0.3 is 4.74 Å². The summed E-state index contributed by atoms with van der Waals surface area (Å²) in [4.78, 5) is 0. The molecule has 0 spiro atoms. The minimum Gasteiger partial charge on any atom is -0.450 e. The molecule has 1 rings (SSSR count). The molecule has 84 valence electrons. The standard InChI is InChI=1S/C7H4BrF3OS3/c8-5-3-1-2-4-6(5)12-7(13-9,14-10)15-11/h1-4H. The highest BCUT2D eigenvalue weighted by Crippen LogP contribution is 2.50. The summed E-state index contributed by atoms with van der Waals surface area (Å²) in [5.74, 6) is 0.165. The molecule has 0 aliphatic rings. The van der Waals surface area contributed by atoms with Gasteiger partial charge >= 0.3 is 3.60 Å². The van der Waals surface area contributed by atoms with E-state index >= 15 is 0 Å². The van der Waals surface area contributed by atoms with Crippen molar-refractivity contribution in [1.82, 2.24) is 0 Å². The Balaban J connectivity index is 2.88. The monoisotopic (exact) mass is 336 g/mol. The quantitative estimate of drug-likeness (QED) is 0.675. The van der Waals surface area contributed by atoms with Crippen LogP contribution in [0.4, 0.5) is 11.7 Å². The second kappa shape index (κ2) is 6.17. The SMILES string of the molecule is FSC(Oc1ccccc1Br)(SF)SF. The normalized spacial score (nSPS) is 11.5. The van der Waals surface area contributed by atoms with Gasteiger partial charge in [-0.3, -0.25) is 0 Å². The van der Waals surface area contributed by atoms with Crippen molar-refractivity contribution < 1.29 is 16.4 Å². The zero-order valence-corrected chi connectivity index (χ0v) is 11.0. The van der Waals surface area contributed by atoms with Crippen molar-refractivity contribution in [2.75, 3.05) is 0 Å². The van der Waals surface area contributed by atoms with E-state index in [4.69, 9.17) is 4.74 Å². The Morgan fingerprint density at radius 1 is 1.07 bits per heavy atom. The van der Waals surface area contributed by atoms with Crippen LogP contribution < -0.4 is 4.74 Å². The average Bonchev–Trinajstić information content (AvgIpc) is 2.29. The fraction of sp³-hybridized carbons (Fsp3) is 0.143. The second-order valence-corrected chi connectivity index (χ2v) is 6.08. The number of ether oxygens (including phenoxy) is 1. The number of para-hydroxylation sites is 1. The first kappa shape index (κ1) is 13.4. The van der Waals surface area contributed by atoms with Crippen LogP contribution in [0.25, 0.3) is 0 Å². The van der Waals surface area contributed by atoms with Crippen LogP contribution in [0.5, 0.6) is 5.75 Å². The second-order valence-electron chi connectivity index (χ2n) is 2.26. The van der Waals surface area contributed by atoms with Crippen LogP contribution in [0.2, 0.25) is 0 Å². The van der Waals surface area contributed by atoms with Crippen LogP contribution in [0.3, 0.4) is 0 Å². The van der Waals surface area contributed by atoms with Gasteiger partial charge in [0, 0.05) is 0 Å². The number of benzene rings is 1. The molecule has 0 saturated carbocycles. The number of halogens is 4. The van der Waals surface area contributed by atoms with E-state index in [2.05, 4.69) is 15.9 Å². The van der Waals surface area contributed by atoms with Crippen molar-refractivity contribution in [1.29, 1.82) is 0 Å². The van der Waals surface area contributed by atoms with Crippen molar-refractivity contribution >= 4 is 52.4 Å². The third kappa shape index (κ3) is 3.40. The van der Waals surface area contributed by atoms with E-state index in [0.29, 0.717) is 4.47 Å². The van der Waals surface area contributed by atoms with Gasteiger partial charge in [-0.15, -0.1) is 0 Å². The molecule has 8 heteroatoms. The molecule has 0 atom stereocenters. The molecule has 0 saturated heterocycles. The van der Waals surface area contributed by atoms with Crippen LogP contribution in [-0.2, 0) is 0 Å². The zero-order chi connectivity index (χ0) is 11.3. The highest BCUT2D eigenvalue weighted by Gasteiger charge is 2.40. The zero-order valence-electron chi connectivity index (χ0n) is 6.95. The van der Waals surface area contributed by atoms with E-state index in [1.807, 2.05) is 0 Å². The topological polar surface area (TPSA) is 9.23 Å². The maximum absolute atomic E-state index is 12.4. The molecule has 0 bridgehead atoms. The molecule has 1 aromatic carbocycles. The van der Waals surface area contributed by atoms with Gasteiger partial charge in [0.25, 0.3) is 0 Å². The molecule has 0 aromatic heterocycles. The first-order valence-electron chi connectivity index (χ1n) is 3.50. The average molecular weight is 337 g/mol. The Morgan fingerprint density at radius 3 is 2.07 bits per heavy atom. The lowest BCUT2D eigenvalue weighted by atomic mass is 10.3. The largest absolute Gasteiger partial charge is 0.450 e. The first-order chi connectivity index (χ1) is 7.17. The van der Waals surface area contributed by atoms with Crippen LogP contribution in [0.1, 0.15) is 0 Å². The Kier molecular flexibility index (Phi) is 5.51. The predicted octanol–water partition coefficient (Wildman–Crippen LogP) is 5.29. The van der Waals surface area contributed by atoms with E-state index in [1.54, 1.807) is 18.2 Å². The van der Waals surface area contributed by atoms with Crippen LogP contribution in [0.15, 0.2) is 28.7 Å². The Bertz CT molecular complexity index is 316. The minimum absolute atomic E-state index is 0.165. The third-order valence-electron chi connectivity index (χ3n) is 1.36. The van der Waals surface area contributed by atoms with Gasteiger partial charge in [0.2, 0.25) is 0 Å². The first-order valence-corrected chi connectivity index (χ1v) is 6.44. The molecule has 1 aromatic rings. The molecule has 0 radical (unpaired) electrons. The summed E-state index contributed by atoms with van der Waals surface area (Å²) in [6.45, 7) is 0. The van der Waals surface area contributed by atoms with E-state index in [0.717, 1.165) is 0 Å². The molecule has 0 aliphatic heterocycles. The highest BCUT2D eigenvalue weighted by molar-refractivity contribution is 9.10. The van der Waals surface area contributed by atoms with Gasteiger partial charge in [-0.2, -0.15) is 11.7 Å². The molecule has 0 amide bonds. The van der Waals surface area contributed by atoms with Crippen molar-refractivity contribution in [3.8, 4) is 5.75 Å². The Morgan fingerprint density at radius 2 is 1.60 bits per heavy atom. The van der Waals surface area contributed by atoms with Crippen molar-refractivity contribution in [2.45, 2.75) is 3.60 Å². The maximum Gasteiger partial charge on any atom is 0.338 e. The summed E-state index contributed by atoms with van der Waals surface area (Å²) in [5, 5.41) is 0. The molecular formula is C7H4BrF3OS3. The van der Waals surface area contributed by atoms with Gasteiger partial charge in [-0.1, -0.05) is 12.1 Å². The fourth-order valence-electron chi connectivity index (χ4n) is 0.745. The highest BCUT2D eigenvalue weighted by atomic mass is 79.9. The van der Waals surface area contributed by atoms with E-state index in [9.17, 15) is 11.7 Å². The van der Waals surface area contributed by atoms with Gasteiger partial charge in [0.15, 0.2) is 0 Å². The van der Waals surface area contributed by atoms with Crippen LogP contribution in [0, 0.1) is 0 Å². The number of rotatable bonds is 5. The molecule has 0 aliphatic carbocycles.